The van der Waals surface area contributed by atoms with E-state index in [2.05, 4.69) is 0 Å². The summed E-state index contributed by atoms with van der Waals surface area (Å²) in [6, 6.07) is 6.78. The van der Waals surface area contributed by atoms with Crippen LogP contribution in [-0.2, 0) is 14.3 Å². The average Bonchev–Trinajstić information content (AvgIpc) is 2.94. The number of halogens is 1. The molecule has 1 aliphatic heterocycles. The predicted octanol–water partition coefficient (Wildman–Crippen LogP) is 4.22. The number of likely N-dealkylation sites (tertiary alicyclic amines) is 1. The largest absolute Gasteiger partial charge is 0.488 e. The van der Waals surface area contributed by atoms with Crippen LogP contribution < -0.4 is 4.74 Å². The van der Waals surface area contributed by atoms with Gasteiger partial charge in [-0.05, 0) is 45.9 Å². The zero-order chi connectivity index (χ0) is 20.0. The fraction of sp³-hybridized carbons (Fsp3) is 0.500. The molecule has 0 saturated carbocycles. The summed E-state index contributed by atoms with van der Waals surface area (Å²) in [5.74, 6) is 0.188. The lowest BCUT2D eigenvalue weighted by molar-refractivity contribution is -0.137. The van der Waals surface area contributed by atoms with Crippen molar-refractivity contribution in [3.05, 3.63) is 41.4 Å². The second-order valence-electron chi connectivity index (χ2n) is 7.24. The molecule has 0 aliphatic carbocycles. The molecular weight excluding hydrogens is 370 g/mol. The van der Waals surface area contributed by atoms with Crippen molar-refractivity contribution in [1.29, 1.82) is 0 Å². The quantitative estimate of drug-likeness (QED) is 0.551. The Balaban J connectivity index is 2.12. The van der Waals surface area contributed by atoms with Gasteiger partial charge >= 0.3 is 12.1 Å². The molecule has 148 valence electrons. The van der Waals surface area contributed by atoms with E-state index >= 15 is 0 Å². The Morgan fingerprint density at radius 2 is 2.07 bits per heavy atom. The van der Waals surface area contributed by atoms with Crippen molar-refractivity contribution in [2.75, 3.05) is 13.2 Å². The molecule has 1 saturated heterocycles. The second-order valence-corrected chi connectivity index (χ2v) is 7.68. The van der Waals surface area contributed by atoms with Gasteiger partial charge in [-0.2, -0.15) is 0 Å². The molecule has 2 rings (SSSR count). The molecule has 1 heterocycles. The summed E-state index contributed by atoms with van der Waals surface area (Å²) in [6.45, 7) is 7.81. The highest BCUT2D eigenvalue weighted by atomic mass is 35.5. The van der Waals surface area contributed by atoms with Gasteiger partial charge in [-0.1, -0.05) is 23.7 Å². The van der Waals surface area contributed by atoms with Crippen molar-refractivity contribution in [3.8, 4) is 5.75 Å². The van der Waals surface area contributed by atoms with Crippen molar-refractivity contribution < 1.29 is 23.8 Å². The Bertz CT molecular complexity index is 698. The molecule has 1 fully saturated rings. The second kappa shape index (κ2) is 9.13. The van der Waals surface area contributed by atoms with Gasteiger partial charge in [-0.15, -0.1) is 0 Å². The zero-order valence-electron chi connectivity index (χ0n) is 16.1. The normalized spacial score (nSPS) is 20.0. The smallest absolute Gasteiger partial charge is 0.410 e. The molecule has 6 nitrogen and oxygen atoms in total. The van der Waals surface area contributed by atoms with E-state index in [0.717, 1.165) is 0 Å². The van der Waals surface area contributed by atoms with Gasteiger partial charge in [0.25, 0.3) is 0 Å². The Morgan fingerprint density at radius 3 is 2.70 bits per heavy atom. The third-order valence-corrected chi connectivity index (χ3v) is 4.01. The summed E-state index contributed by atoms with van der Waals surface area (Å²) in [5.41, 5.74) is -0.613. The third-order valence-electron chi connectivity index (χ3n) is 3.77. The molecule has 2 atom stereocenters. The number of rotatable bonds is 5. The van der Waals surface area contributed by atoms with Crippen LogP contribution in [0.1, 0.15) is 34.1 Å². The van der Waals surface area contributed by atoms with Crippen LogP contribution in [0, 0.1) is 0 Å². The summed E-state index contributed by atoms with van der Waals surface area (Å²) < 4.78 is 16.4. The van der Waals surface area contributed by atoms with Crippen LogP contribution in [0.25, 0.3) is 0 Å². The molecule has 0 spiro atoms. The first-order valence-corrected chi connectivity index (χ1v) is 9.32. The molecule has 0 radical (unpaired) electrons. The molecule has 1 aromatic carbocycles. The number of nitrogens with zero attached hydrogens (tertiary/aromatic N) is 1. The topological polar surface area (TPSA) is 65.1 Å². The van der Waals surface area contributed by atoms with Gasteiger partial charge < -0.3 is 14.2 Å². The van der Waals surface area contributed by atoms with Gasteiger partial charge in [0.15, 0.2) is 0 Å². The Morgan fingerprint density at radius 1 is 1.33 bits per heavy atom. The number of hydrogen-bond acceptors (Lipinski definition) is 5. The van der Waals surface area contributed by atoms with E-state index in [1.807, 2.05) is 26.8 Å². The number of amides is 1. The number of carbonyl (C=O) groups excluding carboxylic acids is 2. The zero-order valence-corrected chi connectivity index (χ0v) is 16.9. The van der Waals surface area contributed by atoms with Crippen LogP contribution >= 0.6 is 11.6 Å². The lowest BCUT2D eigenvalue weighted by Crippen LogP contribution is -2.39. The van der Waals surface area contributed by atoms with Crippen molar-refractivity contribution in [1.82, 2.24) is 4.90 Å². The van der Waals surface area contributed by atoms with E-state index in [4.69, 9.17) is 25.8 Å². The molecule has 1 amide bonds. The number of esters is 1. The van der Waals surface area contributed by atoms with Gasteiger partial charge in [0, 0.05) is 17.5 Å². The van der Waals surface area contributed by atoms with Crippen molar-refractivity contribution >= 4 is 23.7 Å². The summed E-state index contributed by atoms with van der Waals surface area (Å²) in [6.07, 6.45) is 2.84. The highest BCUT2D eigenvalue weighted by molar-refractivity contribution is 6.30. The minimum absolute atomic E-state index is 0.243. The third kappa shape index (κ3) is 6.79. The molecule has 27 heavy (non-hydrogen) atoms. The van der Waals surface area contributed by atoms with Gasteiger partial charge in [0.1, 0.15) is 17.5 Å². The predicted molar refractivity (Wildman–Crippen MR) is 103 cm³/mol. The first-order valence-electron chi connectivity index (χ1n) is 8.94. The van der Waals surface area contributed by atoms with Gasteiger partial charge in [-0.25, -0.2) is 9.59 Å². The monoisotopic (exact) mass is 395 g/mol. The molecule has 0 bridgehead atoms. The molecule has 1 aromatic rings. The number of hydrogen-bond donors (Lipinski definition) is 0. The highest BCUT2D eigenvalue weighted by Gasteiger charge is 2.37. The maximum absolute atomic E-state index is 12.6. The van der Waals surface area contributed by atoms with E-state index in [0.29, 0.717) is 30.3 Å². The Hall–Kier alpha value is -2.21. The summed E-state index contributed by atoms with van der Waals surface area (Å²) in [5, 5.41) is 0.577. The van der Waals surface area contributed by atoms with E-state index in [9.17, 15) is 9.59 Å². The molecule has 0 N–H and O–H groups in total. The van der Waals surface area contributed by atoms with Crippen molar-refractivity contribution in [2.24, 2.45) is 0 Å². The van der Waals surface area contributed by atoms with E-state index in [-0.39, 0.29) is 12.1 Å². The van der Waals surface area contributed by atoms with Crippen LogP contribution in [0.15, 0.2) is 36.4 Å². The number of benzene rings is 1. The van der Waals surface area contributed by atoms with E-state index in [1.54, 1.807) is 36.1 Å². The molecule has 0 unspecified atom stereocenters. The standard InChI is InChI=1S/C20H26ClNO5/c1-5-25-18(23)10-9-15-12-17(26-16-8-6-7-14(21)11-16)13-22(15)19(24)27-20(2,3)4/h6-11,15,17H,5,12-13H2,1-4H3/b10-9+/t15-,17+/m1/s1. The average molecular weight is 396 g/mol. The number of carbonyl (C=O) groups is 2. The first-order chi connectivity index (χ1) is 12.7. The van der Waals surface area contributed by atoms with E-state index < -0.39 is 17.7 Å². The van der Waals surface area contributed by atoms with Gasteiger partial charge in [0.05, 0.1) is 19.2 Å². The van der Waals surface area contributed by atoms with Crippen LogP contribution in [0.5, 0.6) is 5.75 Å². The maximum atomic E-state index is 12.6. The summed E-state index contributed by atoms with van der Waals surface area (Å²) in [7, 11) is 0. The molecule has 0 aromatic heterocycles. The van der Waals surface area contributed by atoms with Crippen LogP contribution in [0.3, 0.4) is 0 Å². The Kier molecular flexibility index (Phi) is 7.13. The van der Waals surface area contributed by atoms with E-state index in [1.165, 1.54) is 6.08 Å². The fourth-order valence-electron chi connectivity index (χ4n) is 2.74. The lowest BCUT2D eigenvalue weighted by atomic mass is 10.2. The van der Waals surface area contributed by atoms with Gasteiger partial charge in [0.2, 0.25) is 0 Å². The number of ether oxygens (including phenoxy) is 3. The molecular formula is C20H26ClNO5. The van der Waals surface area contributed by atoms with Crippen molar-refractivity contribution in [2.45, 2.75) is 51.9 Å². The lowest BCUT2D eigenvalue weighted by Gasteiger charge is -2.27. The van der Waals surface area contributed by atoms with Crippen LogP contribution in [0.4, 0.5) is 4.79 Å². The first kappa shape index (κ1) is 21.1. The minimum atomic E-state index is -0.613. The SMILES string of the molecule is CCOC(=O)/C=C/[C@@H]1C[C@H](Oc2cccc(Cl)c2)CN1C(=O)OC(C)(C)C. The highest BCUT2D eigenvalue weighted by Crippen LogP contribution is 2.27. The fourth-order valence-corrected chi connectivity index (χ4v) is 2.92. The van der Waals surface area contributed by atoms with Crippen molar-refractivity contribution in [3.63, 3.8) is 0 Å². The Labute approximate surface area is 165 Å². The summed E-state index contributed by atoms with van der Waals surface area (Å²) in [4.78, 5) is 25.8. The van der Waals surface area contributed by atoms with Crippen LogP contribution in [0.2, 0.25) is 5.02 Å². The minimum Gasteiger partial charge on any atom is -0.488 e. The molecule has 7 heteroatoms. The maximum Gasteiger partial charge on any atom is 0.410 e. The molecule has 1 aliphatic rings. The van der Waals surface area contributed by atoms with Crippen LogP contribution in [-0.4, -0.2) is 47.9 Å². The summed E-state index contributed by atoms with van der Waals surface area (Å²) >= 11 is 6.00. The van der Waals surface area contributed by atoms with Gasteiger partial charge in [-0.3, -0.25) is 4.90 Å².